The van der Waals surface area contributed by atoms with Gasteiger partial charge in [-0.1, -0.05) is 22.9 Å². The summed E-state index contributed by atoms with van der Waals surface area (Å²) in [6.45, 7) is 2.40. The Hall–Kier alpha value is -0.870. The molecule has 2 N–H and O–H groups in total. The maximum atomic E-state index is 9.12. The fourth-order valence-electron chi connectivity index (χ4n) is 2.06. The van der Waals surface area contributed by atoms with Crippen molar-refractivity contribution in [3.63, 3.8) is 0 Å². The van der Waals surface area contributed by atoms with Crippen LogP contribution >= 0.6 is 22.9 Å². The lowest BCUT2D eigenvalue weighted by molar-refractivity contribution is 0.300. The zero-order chi connectivity index (χ0) is 13.0. The van der Waals surface area contributed by atoms with E-state index in [4.69, 9.17) is 22.0 Å². The van der Waals surface area contributed by atoms with E-state index in [9.17, 15) is 0 Å². The molecule has 7 heteroatoms. The molecule has 1 aliphatic rings. The molecule has 1 aliphatic heterocycles. The molecule has 1 fully saturated rings. The number of aliphatic hydroxyl groups is 1. The zero-order valence-electron chi connectivity index (χ0n) is 9.90. The molecule has 0 aromatic carbocycles. The molecular weight excluding hydrogens is 272 g/mol. The molecule has 1 aromatic rings. The summed E-state index contributed by atoms with van der Waals surface area (Å²) in [7, 11) is 0. The number of hydrogen-bond donors (Lipinski definition) is 2. The molecule has 2 heterocycles. The lowest BCUT2D eigenvalue weighted by Gasteiger charge is -2.24. The molecule has 5 nitrogen and oxygen atoms in total. The second-order valence-corrected chi connectivity index (χ2v) is 5.53. The SMILES string of the molecule is N#Cc1sc(N(CCO)CC2CCCN2)nc1Cl. The summed E-state index contributed by atoms with van der Waals surface area (Å²) in [5.74, 6) is 0. The summed E-state index contributed by atoms with van der Waals surface area (Å²) in [5.41, 5.74) is 0. The number of halogens is 1. The molecule has 0 radical (unpaired) electrons. The lowest BCUT2D eigenvalue weighted by Crippen LogP contribution is -2.39. The van der Waals surface area contributed by atoms with Gasteiger partial charge < -0.3 is 15.3 Å². The van der Waals surface area contributed by atoms with Crippen molar-refractivity contribution in [2.24, 2.45) is 0 Å². The molecular formula is C11H15ClN4OS. The van der Waals surface area contributed by atoms with Crippen molar-refractivity contribution in [1.82, 2.24) is 10.3 Å². The van der Waals surface area contributed by atoms with Gasteiger partial charge in [0.25, 0.3) is 0 Å². The number of nitrogens with one attached hydrogen (secondary N) is 1. The number of aliphatic hydroxyl groups excluding tert-OH is 1. The summed E-state index contributed by atoms with van der Waals surface area (Å²) in [5, 5.41) is 22.4. The first kappa shape index (κ1) is 13.6. The first-order chi connectivity index (χ1) is 8.74. The fourth-order valence-corrected chi connectivity index (χ4v) is 3.14. The molecule has 0 saturated carbocycles. The summed E-state index contributed by atoms with van der Waals surface area (Å²) in [6.07, 6.45) is 2.31. The van der Waals surface area contributed by atoms with Gasteiger partial charge in [0.2, 0.25) is 0 Å². The van der Waals surface area contributed by atoms with E-state index in [1.165, 1.54) is 17.8 Å². The molecule has 0 bridgehead atoms. The van der Waals surface area contributed by atoms with Gasteiger partial charge in [-0.25, -0.2) is 4.98 Å². The first-order valence-corrected chi connectivity index (χ1v) is 7.09. The van der Waals surface area contributed by atoms with E-state index in [-0.39, 0.29) is 11.8 Å². The van der Waals surface area contributed by atoms with E-state index >= 15 is 0 Å². The van der Waals surface area contributed by atoms with Crippen LogP contribution in [0.25, 0.3) is 0 Å². The highest BCUT2D eigenvalue weighted by Gasteiger charge is 2.21. The van der Waals surface area contributed by atoms with Crippen LogP contribution in [-0.2, 0) is 0 Å². The van der Waals surface area contributed by atoms with Crippen molar-refractivity contribution in [2.45, 2.75) is 18.9 Å². The van der Waals surface area contributed by atoms with Crippen LogP contribution in [0.1, 0.15) is 17.7 Å². The Morgan fingerprint density at radius 3 is 3.06 bits per heavy atom. The quantitative estimate of drug-likeness (QED) is 0.851. The Bertz CT molecular complexity index is 439. The Kier molecular flexibility index (Phi) is 4.78. The van der Waals surface area contributed by atoms with E-state index < -0.39 is 0 Å². The average Bonchev–Trinajstić information content (AvgIpc) is 2.98. The van der Waals surface area contributed by atoms with Gasteiger partial charge in [0.15, 0.2) is 10.3 Å². The second kappa shape index (κ2) is 6.34. The van der Waals surface area contributed by atoms with Gasteiger partial charge in [0, 0.05) is 19.1 Å². The topological polar surface area (TPSA) is 72.2 Å². The van der Waals surface area contributed by atoms with Crippen molar-refractivity contribution < 1.29 is 5.11 Å². The predicted molar refractivity (Wildman–Crippen MR) is 72.2 cm³/mol. The number of nitriles is 1. The Morgan fingerprint density at radius 2 is 2.50 bits per heavy atom. The second-order valence-electron chi connectivity index (χ2n) is 4.19. The average molecular weight is 287 g/mol. The van der Waals surface area contributed by atoms with Crippen molar-refractivity contribution in [2.75, 3.05) is 31.1 Å². The minimum atomic E-state index is 0.0613. The number of nitrogens with zero attached hydrogens (tertiary/aromatic N) is 3. The van der Waals surface area contributed by atoms with Crippen LogP contribution in [0.4, 0.5) is 5.13 Å². The van der Waals surface area contributed by atoms with Crippen molar-refractivity contribution >= 4 is 28.1 Å². The molecule has 1 atom stereocenters. The van der Waals surface area contributed by atoms with Crippen LogP contribution in [0.2, 0.25) is 5.15 Å². The summed E-state index contributed by atoms with van der Waals surface area (Å²) in [6, 6.07) is 2.45. The molecule has 1 saturated heterocycles. The van der Waals surface area contributed by atoms with E-state index in [0.29, 0.717) is 22.6 Å². The molecule has 18 heavy (non-hydrogen) atoms. The van der Waals surface area contributed by atoms with E-state index in [0.717, 1.165) is 19.5 Å². The number of aromatic nitrogens is 1. The molecule has 0 spiro atoms. The van der Waals surface area contributed by atoms with Gasteiger partial charge in [-0.2, -0.15) is 5.26 Å². The number of thiazole rings is 1. The highest BCUT2D eigenvalue weighted by atomic mass is 35.5. The molecule has 98 valence electrons. The van der Waals surface area contributed by atoms with Gasteiger partial charge in [0.05, 0.1) is 6.61 Å². The third-order valence-electron chi connectivity index (χ3n) is 2.92. The summed E-state index contributed by atoms with van der Waals surface area (Å²) in [4.78, 5) is 6.60. The van der Waals surface area contributed by atoms with Crippen molar-refractivity contribution in [3.05, 3.63) is 10.0 Å². The minimum absolute atomic E-state index is 0.0613. The van der Waals surface area contributed by atoms with Crippen LogP contribution in [0.15, 0.2) is 0 Å². The number of anilines is 1. The third kappa shape index (κ3) is 3.12. The Labute approximate surface area is 115 Å². The van der Waals surface area contributed by atoms with E-state index in [2.05, 4.69) is 10.3 Å². The van der Waals surface area contributed by atoms with Gasteiger partial charge in [0.1, 0.15) is 10.9 Å². The van der Waals surface area contributed by atoms with Crippen LogP contribution < -0.4 is 10.2 Å². The minimum Gasteiger partial charge on any atom is -0.395 e. The molecule has 2 rings (SSSR count). The molecule has 1 aromatic heterocycles. The fraction of sp³-hybridized carbons (Fsp3) is 0.636. The Morgan fingerprint density at radius 1 is 1.67 bits per heavy atom. The van der Waals surface area contributed by atoms with Crippen LogP contribution in [0.3, 0.4) is 0 Å². The number of hydrogen-bond acceptors (Lipinski definition) is 6. The highest BCUT2D eigenvalue weighted by Crippen LogP contribution is 2.29. The van der Waals surface area contributed by atoms with E-state index in [1.807, 2.05) is 11.0 Å². The summed E-state index contributed by atoms with van der Waals surface area (Å²) >= 11 is 7.15. The largest absolute Gasteiger partial charge is 0.395 e. The molecule has 0 aliphatic carbocycles. The smallest absolute Gasteiger partial charge is 0.188 e. The monoisotopic (exact) mass is 286 g/mol. The van der Waals surface area contributed by atoms with Gasteiger partial charge in [-0.15, -0.1) is 0 Å². The van der Waals surface area contributed by atoms with Crippen molar-refractivity contribution in [3.8, 4) is 6.07 Å². The van der Waals surface area contributed by atoms with Crippen LogP contribution in [-0.4, -0.2) is 42.4 Å². The maximum absolute atomic E-state index is 9.12. The summed E-state index contributed by atoms with van der Waals surface area (Å²) < 4.78 is 0. The first-order valence-electron chi connectivity index (χ1n) is 5.90. The van der Waals surface area contributed by atoms with Crippen molar-refractivity contribution in [1.29, 1.82) is 5.26 Å². The van der Waals surface area contributed by atoms with E-state index in [1.54, 1.807) is 0 Å². The lowest BCUT2D eigenvalue weighted by atomic mass is 10.2. The third-order valence-corrected chi connectivity index (χ3v) is 4.33. The standard InChI is InChI=1S/C11H15ClN4OS/c12-10-9(6-13)18-11(15-10)16(4-5-17)7-8-2-1-3-14-8/h8,14,17H,1-5,7H2. The van der Waals surface area contributed by atoms with Crippen LogP contribution in [0.5, 0.6) is 0 Å². The van der Waals surface area contributed by atoms with Gasteiger partial charge in [-0.3, -0.25) is 0 Å². The molecule has 0 amide bonds. The Balaban J connectivity index is 2.10. The highest BCUT2D eigenvalue weighted by molar-refractivity contribution is 7.16. The maximum Gasteiger partial charge on any atom is 0.188 e. The molecule has 1 unspecified atom stereocenters. The normalized spacial score (nSPS) is 18.8. The zero-order valence-corrected chi connectivity index (χ0v) is 11.5. The number of rotatable bonds is 5. The van der Waals surface area contributed by atoms with Gasteiger partial charge >= 0.3 is 0 Å². The predicted octanol–water partition coefficient (Wildman–Crippen LogP) is 1.22. The van der Waals surface area contributed by atoms with Crippen LogP contribution in [0, 0.1) is 11.3 Å². The van der Waals surface area contributed by atoms with Gasteiger partial charge in [-0.05, 0) is 19.4 Å².